The van der Waals surface area contributed by atoms with E-state index in [0.717, 1.165) is 21.8 Å². The summed E-state index contributed by atoms with van der Waals surface area (Å²) in [6.07, 6.45) is 3.71. The predicted molar refractivity (Wildman–Crippen MR) is 91.9 cm³/mol. The fraction of sp³-hybridized carbons (Fsp3) is 0.167. The van der Waals surface area contributed by atoms with E-state index in [2.05, 4.69) is 9.97 Å². The molecule has 0 saturated carbocycles. The number of thiazole rings is 1. The van der Waals surface area contributed by atoms with Crippen LogP contribution in [0.3, 0.4) is 0 Å². The Balaban J connectivity index is 1.62. The molecule has 0 aliphatic heterocycles. The van der Waals surface area contributed by atoms with Crippen molar-refractivity contribution in [2.45, 2.75) is 13.0 Å². The van der Waals surface area contributed by atoms with E-state index >= 15 is 0 Å². The minimum Gasteiger partial charge on any atom is -0.341 e. The fourth-order valence-electron chi connectivity index (χ4n) is 2.25. The summed E-state index contributed by atoms with van der Waals surface area (Å²) in [6.45, 7) is 0.443. The Labute approximate surface area is 143 Å². The Kier molecular flexibility index (Phi) is 4.96. The number of halogens is 1. The molecule has 0 atom stereocenters. The lowest BCUT2D eigenvalue weighted by Crippen LogP contribution is -2.27. The van der Waals surface area contributed by atoms with Gasteiger partial charge < -0.3 is 4.90 Å². The molecule has 2 heterocycles. The molecule has 0 N–H and O–H groups in total. The Morgan fingerprint density at radius 3 is 2.75 bits per heavy atom. The van der Waals surface area contributed by atoms with E-state index in [0.29, 0.717) is 6.54 Å². The van der Waals surface area contributed by atoms with Crippen molar-refractivity contribution in [1.82, 2.24) is 14.9 Å². The smallest absolute Gasteiger partial charge is 0.228 e. The van der Waals surface area contributed by atoms with Gasteiger partial charge in [-0.15, -0.1) is 11.3 Å². The molecule has 24 heavy (non-hydrogen) atoms. The molecule has 6 heteroatoms. The number of likely N-dealkylation sites (N-methyl/N-ethyl adjacent to an activating group) is 1. The Hall–Kier alpha value is -2.60. The number of nitrogens with zero attached hydrogens (tertiary/aromatic N) is 3. The zero-order valence-corrected chi connectivity index (χ0v) is 14.0. The van der Waals surface area contributed by atoms with Gasteiger partial charge in [0, 0.05) is 36.9 Å². The number of amides is 1. The lowest BCUT2D eigenvalue weighted by Gasteiger charge is -2.16. The van der Waals surface area contributed by atoms with Gasteiger partial charge >= 0.3 is 0 Å². The fourth-order valence-corrected chi connectivity index (χ4v) is 3.06. The topological polar surface area (TPSA) is 46.1 Å². The standard InChI is InChI=1S/C18H16FN3OS/c1-22(11-13-4-6-15(19)7-5-13)17(23)9-16-12-24-18(21-16)14-3-2-8-20-10-14/h2-8,10,12H,9,11H2,1H3. The number of carbonyl (C=O) groups is 1. The first-order valence-electron chi connectivity index (χ1n) is 7.45. The number of hydrogen-bond acceptors (Lipinski definition) is 4. The molecule has 0 spiro atoms. The van der Waals surface area contributed by atoms with Crippen molar-refractivity contribution in [3.8, 4) is 10.6 Å². The molecule has 2 aromatic heterocycles. The Morgan fingerprint density at radius 1 is 1.25 bits per heavy atom. The maximum absolute atomic E-state index is 12.9. The zero-order valence-electron chi connectivity index (χ0n) is 13.1. The molecule has 0 aliphatic carbocycles. The number of pyridine rings is 1. The van der Waals surface area contributed by atoms with Crippen molar-refractivity contribution in [3.63, 3.8) is 0 Å². The maximum atomic E-state index is 12.9. The molecule has 3 rings (SSSR count). The SMILES string of the molecule is CN(Cc1ccc(F)cc1)C(=O)Cc1csc(-c2cccnc2)n1. The third-order valence-electron chi connectivity index (χ3n) is 3.55. The van der Waals surface area contributed by atoms with Gasteiger partial charge in [0.05, 0.1) is 12.1 Å². The Morgan fingerprint density at radius 2 is 2.04 bits per heavy atom. The van der Waals surface area contributed by atoms with Crippen LogP contribution in [0.5, 0.6) is 0 Å². The van der Waals surface area contributed by atoms with Crippen LogP contribution in [0.1, 0.15) is 11.3 Å². The first kappa shape index (κ1) is 16.3. The molecule has 0 fully saturated rings. The normalized spacial score (nSPS) is 10.6. The highest BCUT2D eigenvalue weighted by Gasteiger charge is 2.13. The summed E-state index contributed by atoms with van der Waals surface area (Å²) in [5.74, 6) is -0.305. The second kappa shape index (κ2) is 7.31. The quantitative estimate of drug-likeness (QED) is 0.713. The van der Waals surface area contributed by atoms with Crippen molar-refractivity contribution in [1.29, 1.82) is 0 Å². The largest absolute Gasteiger partial charge is 0.341 e. The van der Waals surface area contributed by atoms with Gasteiger partial charge in [-0.1, -0.05) is 12.1 Å². The van der Waals surface area contributed by atoms with Crippen LogP contribution in [0, 0.1) is 5.82 Å². The van der Waals surface area contributed by atoms with Gasteiger partial charge in [0.2, 0.25) is 5.91 Å². The van der Waals surface area contributed by atoms with Crippen LogP contribution in [0.4, 0.5) is 4.39 Å². The summed E-state index contributed by atoms with van der Waals surface area (Å²) in [4.78, 5) is 22.5. The van der Waals surface area contributed by atoms with Gasteiger partial charge in [0.25, 0.3) is 0 Å². The van der Waals surface area contributed by atoms with Crippen LogP contribution in [0.15, 0.2) is 54.2 Å². The second-order valence-corrected chi connectivity index (χ2v) is 6.30. The highest BCUT2D eigenvalue weighted by Crippen LogP contribution is 2.23. The van der Waals surface area contributed by atoms with E-state index in [1.54, 1.807) is 36.5 Å². The summed E-state index contributed by atoms with van der Waals surface area (Å²) in [7, 11) is 1.74. The number of rotatable bonds is 5. The average Bonchev–Trinajstić information content (AvgIpc) is 3.06. The minimum absolute atomic E-state index is 0.0256. The molecule has 0 unspecified atom stereocenters. The summed E-state index contributed by atoms with van der Waals surface area (Å²) in [6, 6.07) is 9.96. The number of hydrogen-bond donors (Lipinski definition) is 0. The summed E-state index contributed by atoms with van der Waals surface area (Å²) < 4.78 is 12.9. The van der Waals surface area contributed by atoms with Crippen molar-refractivity contribution >= 4 is 17.2 Å². The molecule has 4 nitrogen and oxygen atoms in total. The highest BCUT2D eigenvalue weighted by molar-refractivity contribution is 7.13. The summed E-state index contributed by atoms with van der Waals surface area (Å²) in [5, 5.41) is 2.75. The molecule has 1 aromatic carbocycles. The second-order valence-electron chi connectivity index (χ2n) is 5.44. The zero-order chi connectivity index (χ0) is 16.9. The minimum atomic E-state index is -0.280. The van der Waals surface area contributed by atoms with E-state index in [1.165, 1.54) is 23.5 Å². The molecule has 3 aromatic rings. The number of benzene rings is 1. The van der Waals surface area contributed by atoms with Gasteiger partial charge in [-0.05, 0) is 29.8 Å². The average molecular weight is 341 g/mol. The maximum Gasteiger partial charge on any atom is 0.228 e. The molecular formula is C18H16FN3OS. The van der Waals surface area contributed by atoms with Crippen molar-refractivity contribution < 1.29 is 9.18 Å². The summed E-state index contributed by atoms with van der Waals surface area (Å²) >= 11 is 1.50. The number of carbonyl (C=O) groups excluding carboxylic acids is 1. The molecule has 1 amide bonds. The highest BCUT2D eigenvalue weighted by atomic mass is 32.1. The monoisotopic (exact) mass is 341 g/mol. The molecule has 0 aliphatic rings. The van der Waals surface area contributed by atoms with E-state index in [1.807, 2.05) is 17.5 Å². The first-order valence-corrected chi connectivity index (χ1v) is 8.33. The lowest BCUT2D eigenvalue weighted by atomic mass is 10.2. The van der Waals surface area contributed by atoms with E-state index < -0.39 is 0 Å². The van der Waals surface area contributed by atoms with Crippen LogP contribution in [0.25, 0.3) is 10.6 Å². The molecule has 122 valence electrons. The number of aromatic nitrogens is 2. The van der Waals surface area contributed by atoms with Crippen LogP contribution < -0.4 is 0 Å². The van der Waals surface area contributed by atoms with E-state index in [4.69, 9.17) is 0 Å². The van der Waals surface area contributed by atoms with Crippen LogP contribution in [0.2, 0.25) is 0 Å². The van der Waals surface area contributed by atoms with E-state index in [-0.39, 0.29) is 18.1 Å². The van der Waals surface area contributed by atoms with Gasteiger partial charge in [-0.3, -0.25) is 9.78 Å². The van der Waals surface area contributed by atoms with E-state index in [9.17, 15) is 9.18 Å². The lowest BCUT2D eigenvalue weighted by molar-refractivity contribution is -0.129. The molecule has 0 radical (unpaired) electrons. The molecular weight excluding hydrogens is 325 g/mol. The third kappa shape index (κ3) is 4.02. The van der Waals surface area contributed by atoms with Gasteiger partial charge in [0.15, 0.2) is 0 Å². The van der Waals surface area contributed by atoms with Crippen molar-refractivity contribution in [2.24, 2.45) is 0 Å². The predicted octanol–water partition coefficient (Wildman–Crippen LogP) is 3.55. The molecule has 0 bridgehead atoms. The van der Waals surface area contributed by atoms with Gasteiger partial charge in [0.1, 0.15) is 10.8 Å². The van der Waals surface area contributed by atoms with Gasteiger partial charge in [-0.2, -0.15) is 0 Å². The molecule has 0 saturated heterocycles. The Bertz CT molecular complexity index is 818. The summed E-state index contributed by atoms with van der Waals surface area (Å²) in [5.41, 5.74) is 2.58. The van der Waals surface area contributed by atoms with Crippen LogP contribution in [-0.4, -0.2) is 27.8 Å². The third-order valence-corrected chi connectivity index (χ3v) is 4.49. The van der Waals surface area contributed by atoms with Crippen LogP contribution >= 0.6 is 11.3 Å². The van der Waals surface area contributed by atoms with Crippen molar-refractivity contribution in [2.75, 3.05) is 7.05 Å². The van der Waals surface area contributed by atoms with Gasteiger partial charge in [-0.25, -0.2) is 9.37 Å². The van der Waals surface area contributed by atoms with Crippen LogP contribution in [-0.2, 0) is 17.8 Å². The van der Waals surface area contributed by atoms with Crippen molar-refractivity contribution in [3.05, 3.63) is 71.2 Å². The first-order chi connectivity index (χ1) is 11.6.